The largest absolute Gasteiger partial charge is 0.455 e. The van der Waals surface area contributed by atoms with Crippen molar-refractivity contribution >= 4 is 39.0 Å². The minimum absolute atomic E-state index is 0.0323. The number of hydrogen-bond acceptors (Lipinski definition) is 9. The van der Waals surface area contributed by atoms with Gasteiger partial charge in [0, 0.05) is 6.07 Å². The van der Waals surface area contributed by atoms with Crippen molar-refractivity contribution in [2.24, 2.45) is 0 Å². The number of nitro benzene ring substituents is 1. The summed E-state index contributed by atoms with van der Waals surface area (Å²) in [5.41, 5.74) is 0.155. The van der Waals surface area contributed by atoms with Gasteiger partial charge in [0.15, 0.2) is 39.0 Å². The van der Waals surface area contributed by atoms with Gasteiger partial charge in [-0.25, -0.2) is 0 Å². The zero-order chi connectivity index (χ0) is 40.0. The highest BCUT2D eigenvalue weighted by Gasteiger charge is 2.57. The molecule has 296 valence electrons. The summed E-state index contributed by atoms with van der Waals surface area (Å²) in [6, 6.07) is 4.49. The van der Waals surface area contributed by atoms with Crippen molar-refractivity contribution < 1.29 is 37.2 Å². The van der Waals surface area contributed by atoms with Crippen LogP contribution in [-0.2, 0) is 29.0 Å². The van der Waals surface area contributed by atoms with Crippen LogP contribution in [0.25, 0.3) is 0 Å². The number of benzene rings is 1. The smallest absolute Gasteiger partial charge is 0.311 e. The van der Waals surface area contributed by atoms with Crippen LogP contribution in [0.15, 0.2) is 18.2 Å². The van der Waals surface area contributed by atoms with Gasteiger partial charge in [0.05, 0.1) is 18.1 Å². The van der Waals surface area contributed by atoms with E-state index in [-0.39, 0.29) is 44.8 Å². The zero-order valence-electron chi connectivity index (χ0n) is 35.7. The van der Waals surface area contributed by atoms with Gasteiger partial charge in [-0.05, 0) is 84.2 Å². The van der Waals surface area contributed by atoms with E-state index < -0.39 is 68.9 Å². The lowest BCUT2D eigenvalue weighted by molar-refractivity contribution is -0.387. The molecule has 2 rings (SSSR count). The molecule has 14 heteroatoms. The molecule has 0 radical (unpaired) electrons. The summed E-state index contributed by atoms with van der Waals surface area (Å²) < 4.78 is 42.6. The van der Waals surface area contributed by atoms with E-state index >= 15 is 0 Å². The Labute approximate surface area is 314 Å². The van der Waals surface area contributed by atoms with E-state index in [9.17, 15) is 15.2 Å². The third kappa shape index (κ3) is 11.1. The van der Waals surface area contributed by atoms with Crippen LogP contribution in [0, 0.1) is 10.1 Å². The molecule has 1 aromatic carbocycles. The Morgan fingerprint density at radius 3 is 1.49 bits per heavy atom. The molecule has 1 saturated heterocycles. The molecule has 0 aliphatic carbocycles. The summed E-state index contributed by atoms with van der Waals surface area (Å²) in [6.45, 7) is 44.1. The molecule has 1 heterocycles. The van der Waals surface area contributed by atoms with E-state index in [1.165, 1.54) is 12.1 Å². The molecular formula is C37H73NO9Si4. The Bertz CT molecular complexity index is 1340. The fourth-order valence-corrected chi connectivity index (χ4v) is 9.51. The first-order valence-corrected chi connectivity index (χ1v) is 30.1. The van der Waals surface area contributed by atoms with Crippen molar-refractivity contribution in [2.75, 3.05) is 6.61 Å². The normalized spacial score (nSPS) is 23.4. The molecule has 0 spiro atoms. The quantitative estimate of drug-likeness (QED) is 0.118. The lowest BCUT2D eigenvalue weighted by Gasteiger charge is -2.54. The number of rotatable bonds is 13. The van der Waals surface area contributed by atoms with Crippen LogP contribution in [-0.4, -0.2) is 80.6 Å². The molecule has 0 amide bonds. The number of ether oxygens (including phenoxy) is 2. The van der Waals surface area contributed by atoms with Gasteiger partial charge in [-0.15, -0.1) is 0 Å². The molecule has 1 N–H and O–H groups in total. The third-order valence-electron chi connectivity index (χ3n) is 12.4. The average Bonchev–Trinajstić information content (AvgIpc) is 2.92. The third-order valence-corrected chi connectivity index (χ3v) is 30.3. The first kappa shape index (κ1) is 46.2. The fraction of sp³-hybridized carbons (Fsp3) is 0.838. The predicted octanol–water partition coefficient (Wildman–Crippen LogP) is 10.4. The van der Waals surface area contributed by atoms with Crippen LogP contribution in [0.4, 0.5) is 5.69 Å². The van der Waals surface area contributed by atoms with Gasteiger partial charge in [-0.2, -0.15) is 0 Å². The zero-order valence-corrected chi connectivity index (χ0v) is 39.7. The maximum Gasteiger partial charge on any atom is 0.311 e. The van der Waals surface area contributed by atoms with E-state index in [2.05, 4.69) is 135 Å². The van der Waals surface area contributed by atoms with E-state index in [1.54, 1.807) is 6.07 Å². The van der Waals surface area contributed by atoms with Crippen molar-refractivity contribution in [3.05, 3.63) is 33.9 Å². The van der Waals surface area contributed by atoms with Gasteiger partial charge in [-0.3, -0.25) is 10.1 Å². The molecule has 1 aliphatic heterocycles. The van der Waals surface area contributed by atoms with Gasteiger partial charge in [0.25, 0.3) is 0 Å². The lowest BCUT2D eigenvalue weighted by atomic mass is 9.99. The molecule has 0 aromatic heterocycles. The number of aliphatic hydroxyl groups is 1. The average molecular weight is 788 g/mol. The highest BCUT2D eigenvalue weighted by Crippen LogP contribution is 2.47. The molecule has 51 heavy (non-hydrogen) atoms. The first-order chi connectivity index (χ1) is 22.6. The standard InChI is InChI=1S/C37H73NO9Si4/c1-34(2,3)48(13,14)42-25-29-30(45-49(15,16)35(4,5)6)31(46-50(17,18)36(7,8)9)32(47-51(19,20)37(10,11)12)33(44-29)43-28-22-21-26(24-39)23-27(28)38(40)41/h21-23,29-33,39H,24-25H2,1-20H3/t29?,30-,31?,32+,33-/m1/s1. The van der Waals surface area contributed by atoms with Gasteiger partial charge in [0.2, 0.25) is 6.29 Å². The molecular weight excluding hydrogens is 715 g/mol. The topological polar surface area (TPSA) is 119 Å². The summed E-state index contributed by atoms with van der Waals surface area (Å²) in [5, 5.41) is 21.6. The Kier molecular flexibility index (Phi) is 14.2. The number of nitrogens with zero attached hydrogens (tertiary/aromatic N) is 1. The maximum absolute atomic E-state index is 12.3. The van der Waals surface area contributed by atoms with Crippen molar-refractivity contribution in [2.45, 2.75) is 193 Å². The predicted molar refractivity (Wildman–Crippen MR) is 218 cm³/mol. The van der Waals surface area contributed by atoms with Crippen LogP contribution in [0.1, 0.15) is 88.6 Å². The minimum atomic E-state index is -2.54. The summed E-state index contributed by atoms with van der Waals surface area (Å²) in [5.74, 6) is 0.0323. The number of hydrogen-bond donors (Lipinski definition) is 1. The van der Waals surface area contributed by atoms with Gasteiger partial charge in [0.1, 0.15) is 24.4 Å². The summed E-state index contributed by atoms with van der Waals surface area (Å²) in [6.07, 6.45) is -3.68. The van der Waals surface area contributed by atoms with Crippen molar-refractivity contribution in [1.82, 2.24) is 0 Å². The lowest BCUT2D eigenvalue weighted by Crippen LogP contribution is -2.69. The fourth-order valence-electron chi connectivity index (χ4n) is 4.60. The Morgan fingerprint density at radius 1 is 0.686 bits per heavy atom. The monoisotopic (exact) mass is 787 g/mol. The molecule has 1 aromatic rings. The molecule has 1 fully saturated rings. The van der Waals surface area contributed by atoms with Gasteiger partial charge >= 0.3 is 5.69 Å². The van der Waals surface area contributed by atoms with Crippen LogP contribution >= 0.6 is 0 Å². The highest BCUT2D eigenvalue weighted by atomic mass is 28.4. The minimum Gasteiger partial charge on any atom is -0.455 e. The van der Waals surface area contributed by atoms with Crippen molar-refractivity contribution in [3.63, 3.8) is 0 Å². The first-order valence-electron chi connectivity index (χ1n) is 18.5. The second-order valence-corrected chi connectivity index (χ2v) is 39.6. The Balaban J connectivity index is 2.97. The van der Waals surface area contributed by atoms with Crippen LogP contribution in [0.5, 0.6) is 5.75 Å². The van der Waals surface area contributed by atoms with E-state index in [1.807, 2.05) is 0 Å². The second kappa shape index (κ2) is 15.7. The van der Waals surface area contributed by atoms with E-state index in [0.29, 0.717) is 5.56 Å². The van der Waals surface area contributed by atoms with Crippen molar-refractivity contribution in [3.8, 4) is 5.75 Å². The van der Waals surface area contributed by atoms with Crippen LogP contribution in [0.3, 0.4) is 0 Å². The summed E-state index contributed by atoms with van der Waals surface area (Å²) >= 11 is 0. The summed E-state index contributed by atoms with van der Waals surface area (Å²) in [7, 11) is -9.76. The summed E-state index contributed by atoms with van der Waals surface area (Å²) in [4.78, 5) is 11.8. The van der Waals surface area contributed by atoms with Crippen LogP contribution in [0.2, 0.25) is 72.5 Å². The van der Waals surface area contributed by atoms with Crippen molar-refractivity contribution in [1.29, 1.82) is 0 Å². The van der Waals surface area contributed by atoms with Gasteiger partial charge < -0.3 is 32.3 Å². The molecule has 5 atom stereocenters. The Morgan fingerprint density at radius 2 is 1.10 bits per heavy atom. The number of nitro groups is 1. The molecule has 10 nitrogen and oxygen atoms in total. The highest BCUT2D eigenvalue weighted by molar-refractivity contribution is 6.75. The van der Waals surface area contributed by atoms with Crippen LogP contribution < -0.4 is 4.74 Å². The molecule has 1 aliphatic rings. The Hall–Kier alpha value is -0.952. The molecule has 0 bridgehead atoms. The maximum atomic E-state index is 12.3. The van der Waals surface area contributed by atoms with E-state index in [0.717, 1.165) is 0 Å². The number of aliphatic hydroxyl groups excluding tert-OH is 1. The second-order valence-electron chi connectivity index (χ2n) is 20.5. The van der Waals surface area contributed by atoms with E-state index in [4.69, 9.17) is 27.2 Å². The molecule has 2 unspecified atom stereocenters. The van der Waals surface area contributed by atoms with Gasteiger partial charge in [-0.1, -0.05) is 89.2 Å². The molecule has 0 saturated carbocycles. The SMILES string of the molecule is CC(C)(C)[Si](C)(C)OCC1O[C@@H](Oc2ccc(CO)cc2[N+](=O)[O-])[C@@H](O[Si](C)(C)C(C)(C)C)C(O[Si](C)(C)C(C)(C)C)[C@@H]1O[Si](C)(C)C(C)(C)C.